The minimum atomic E-state index is -0.507. The highest BCUT2D eigenvalue weighted by Crippen LogP contribution is 2.17. The Morgan fingerprint density at radius 2 is 2.09 bits per heavy atom. The maximum absolute atomic E-state index is 12.5. The van der Waals surface area contributed by atoms with Crippen molar-refractivity contribution in [1.29, 1.82) is 0 Å². The van der Waals surface area contributed by atoms with Crippen LogP contribution in [0.25, 0.3) is 11.0 Å². The molecule has 1 aromatic carbocycles. The molecular weight excluding hydrogens is 316 g/mol. The molecule has 2 aromatic heterocycles. The quantitative estimate of drug-likeness (QED) is 0.716. The Morgan fingerprint density at radius 3 is 2.87 bits per heavy atom. The first-order valence-electron chi connectivity index (χ1n) is 6.66. The highest BCUT2D eigenvalue weighted by molar-refractivity contribution is 7.71. The summed E-state index contributed by atoms with van der Waals surface area (Å²) in [5.41, 5.74) is 2.69. The number of para-hydroxylation sites is 1. The lowest BCUT2D eigenvalue weighted by molar-refractivity contribution is 0.100. The van der Waals surface area contributed by atoms with Crippen LogP contribution in [-0.4, -0.2) is 27.7 Å². The van der Waals surface area contributed by atoms with Gasteiger partial charge in [-0.3, -0.25) is 15.0 Å². The van der Waals surface area contributed by atoms with Crippen molar-refractivity contribution in [2.75, 3.05) is 12.5 Å². The molecule has 116 valence electrons. The standard InChI is InChI=1S/C15H12N4O3S/c1-22-11-7-3-2-5-9(11)13(20)18-19-14(21)10-6-4-8-16-12(10)17-15(19)23/h2-8H,1H3,(H,18,20)(H,16,17,23). The first-order chi connectivity index (χ1) is 11.1. The summed E-state index contributed by atoms with van der Waals surface area (Å²) in [5, 5.41) is 0.321. The molecule has 0 unspecified atom stereocenters. The van der Waals surface area contributed by atoms with Gasteiger partial charge in [-0.25, -0.2) is 4.98 Å². The first kappa shape index (κ1) is 14.9. The molecule has 0 fully saturated rings. The van der Waals surface area contributed by atoms with Crippen molar-refractivity contribution in [3.63, 3.8) is 0 Å². The van der Waals surface area contributed by atoms with E-state index in [0.717, 1.165) is 4.68 Å². The number of rotatable bonds is 3. The number of nitrogens with zero attached hydrogens (tertiary/aromatic N) is 2. The number of benzene rings is 1. The number of ether oxygens (including phenoxy) is 1. The number of amides is 1. The molecular formula is C15H12N4O3S. The Balaban J connectivity index is 2.07. The zero-order valence-electron chi connectivity index (χ0n) is 12.1. The highest BCUT2D eigenvalue weighted by Gasteiger charge is 2.14. The average Bonchev–Trinajstić information content (AvgIpc) is 2.58. The third-order valence-corrected chi connectivity index (χ3v) is 3.52. The van der Waals surface area contributed by atoms with E-state index in [4.69, 9.17) is 17.0 Å². The van der Waals surface area contributed by atoms with Crippen molar-refractivity contribution in [3.8, 4) is 5.75 Å². The lowest BCUT2D eigenvalue weighted by atomic mass is 10.2. The van der Waals surface area contributed by atoms with Crippen molar-refractivity contribution < 1.29 is 9.53 Å². The van der Waals surface area contributed by atoms with Gasteiger partial charge in [-0.2, -0.15) is 4.68 Å². The molecule has 0 aliphatic rings. The number of carbonyl (C=O) groups is 1. The topological polar surface area (TPSA) is 89.0 Å². The van der Waals surface area contributed by atoms with E-state index in [-0.39, 0.29) is 4.77 Å². The summed E-state index contributed by atoms with van der Waals surface area (Å²) in [6, 6.07) is 9.92. The van der Waals surface area contributed by atoms with Gasteiger partial charge in [0.05, 0.1) is 18.1 Å². The average molecular weight is 328 g/mol. The van der Waals surface area contributed by atoms with E-state index in [1.54, 1.807) is 42.6 Å². The number of aromatic amines is 1. The van der Waals surface area contributed by atoms with Crippen molar-refractivity contribution in [2.24, 2.45) is 0 Å². The van der Waals surface area contributed by atoms with E-state index < -0.39 is 11.5 Å². The molecule has 2 N–H and O–H groups in total. The van der Waals surface area contributed by atoms with Crippen molar-refractivity contribution >= 4 is 29.2 Å². The molecule has 2 heterocycles. The lowest BCUT2D eigenvalue weighted by Gasteiger charge is -2.11. The zero-order valence-corrected chi connectivity index (χ0v) is 12.9. The Labute approximate surface area is 135 Å². The van der Waals surface area contributed by atoms with Gasteiger partial charge in [0.2, 0.25) is 4.77 Å². The maximum atomic E-state index is 12.5. The Kier molecular flexibility index (Phi) is 3.90. The van der Waals surface area contributed by atoms with Crippen molar-refractivity contribution in [2.45, 2.75) is 0 Å². The molecule has 3 aromatic rings. The maximum Gasteiger partial charge on any atom is 0.282 e. The number of carbonyl (C=O) groups excluding carboxylic acids is 1. The summed E-state index contributed by atoms with van der Waals surface area (Å²) in [7, 11) is 1.46. The van der Waals surface area contributed by atoms with Gasteiger partial charge in [-0.15, -0.1) is 0 Å². The number of fused-ring (bicyclic) bond motifs is 1. The fourth-order valence-corrected chi connectivity index (χ4v) is 2.37. The summed E-state index contributed by atoms with van der Waals surface area (Å²) >= 11 is 5.12. The van der Waals surface area contributed by atoms with Crippen LogP contribution in [0.5, 0.6) is 5.75 Å². The van der Waals surface area contributed by atoms with Gasteiger partial charge >= 0.3 is 0 Å². The predicted octanol–water partition coefficient (Wildman–Crippen LogP) is 1.85. The highest BCUT2D eigenvalue weighted by atomic mass is 32.1. The molecule has 3 rings (SSSR count). The molecule has 0 saturated heterocycles. The molecule has 0 atom stereocenters. The summed E-state index contributed by atoms with van der Waals surface area (Å²) in [6.07, 6.45) is 1.55. The molecule has 1 amide bonds. The number of hydrogen-bond donors (Lipinski definition) is 2. The SMILES string of the molecule is COc1ccccc1C(=O)Nn1c(=S)[nH]c2ncccc2c1=O. The fraction of sp³-hybridized carbons (Fsp3) is 0.0667. The van der Waals surface area contributed by atoms with E-state index in [1.807, 2.05) is 0 Å². The van der Waals surface area contributed by atoms with Crippen LogP contribution < -0.4 is 15.7 Å². The van der Waals surface area contributed by atoms with Crippen LogP contribution in [-0.2, 0) is 0 Å². The van der Waals surface area contributed by atoms with E-state index in [1.165, 1.54) is 7.11 Å². The predicted molar refractivity (Wildman–Crippen MR) is 87.9 cm³/mol. The Morgan fingerprint density at radius 1 is 1.30 bits per heavy atom. The summed E-state index contributed by atoms with van der Waals surface area (Å²) < 4.78 is 6.17. The summed E-state index contributed by atoms with van der Waals surface area (Å²) in [5.74, 6) is -0.109. The first-order valence-corrected chi connectivity index (χ1v) is 7.07. The van der Waals surface area contributed by atoms with E-state index in [0.29, 0.717) is 22.3 Å². The van der Waals surface area contributed by atoms with Gasteiger partial charge < -0.3 is 9.72 Å². The minimum Gasteiger partial charge on any atom is -0.496 e. The van der Waals surface area contributed by atoms with Crippen LogP contribution in [0.2, 0.25) is 0 Å². The molecule has 8 heteroatoms. The molecule has 0 saturated carbocycles. The van der Waals surface area contributed by atoms with E-state index in [9.17, 15) is 9.59 Å². The van der Waals surface area contributed by atoms with Crippen molar-refractivity contribution in [3.05, 3.63) is 63.3 Å². The molecule has 0 spiro atoms. The zero-order chi connectivity index (χ0) is 16.4. The second kappa shape index (κ2) is 6.01. The van der Waals surface area contributed by atoms with Crippen LogP contribution in [0, 0.1) is 4.77 Å². The van der Waals surface area contributed by atoms with Crippen LogP contribution in [0.3, 0.4) is 0 Å². The van der Waals surface area contributed by atoms with Crippen LogP contribution >= 0.6 is 12.2 Å². The van der Waals surface area contributed by atoms with Crippen LogP contribution in [0.4, 0.5) is 0 Å². The molecule has 0 radical (unpaired) electrons. The molecule has 0 aliphatic carbocycles. The van der Waals surface area contributed by atoms with Gasteiger partial charge in [0, 0.05) is 6.20 Å². The number of pyridine rings is 1. The van der Waals surface area contributed by atoms with E-state index >= 15 is 0 Å². The minimum absolute atomic E-state index is 0.0458. The normalized spacial score (nSPS) is 10.5. The van der Waals surface area contributed by atoms with Gasteiger partial charge in [0.15, 0.2) is 0 Å². The van der Waals surface area contributed by atoms with Gasteiger partial charge in [0.25, 0.3) is 11.5 Å². The van der Waals surface area contributed by atoms with Gasteiger partial charge in [0.1, 0.15) is 11.4 Å². The number of nitrogens with one attached hydrogen (secondary N) is 2. The monoisotopic (exact) mass is 328 g/mol. The second-order valence-corrected chi connectivity index (χ2v) is 5.00. The fourth-order valence-electron chi connectivity index (χ4n) is 2.14. The van der Waals surface area contributed by atoms with Crippen LogP contribution in [0.1, 0.15) is 10.4 Å². The largest absolute Gasteiger partial charge is 0.496 e. The smallest absolute Gasteiger partial charge is 0.282 e. The second-order valence-electron chi connectivity index (χ2n) is 4.61. The number of aromatic nitrogens is 3. The molecule has 0 bridgehead atoms. The molecule has 0 aliphatic heterocycles. The third-order valence-electron chi connectivity index (χ3n) is 3.23. The van der Waals surface area contributed by atoms with Gasteiger partial charge in [-0.05, 0) is 36.5 Å². The van der Waals surface area contributed by atoms with E-state index in [2.05, 4.69) is 15.4 Å². The lowest BCUT2D eigenvalue weighted by Crippen LogP contribution is -2.34. The van der Waals surface area contributed by atoms with Crippen LogP contribution in [0.15, 0.2) is 47.4 Å². The van der Waals surface area contributed by atoms with Crippen molar-refractivity contribution in [1.82, 2.24) is 14.6 Å². The number of H-pyrrole nitrogens is 1. The number of methoxy groups -OCH3 is 1. The van der Waals surface area contributed by atoms with Gasteiger partial charge in [-0.1, -0.05) is 12.1 Å². The Bertz CT molecular complexity index is 1010. The summed E-state index contributed by atoms with van der Waals surface area (Å²) in [4.78, 5) is 31.7. The molecule has 23 heavy (non-hydrogen) atoms. The number of hydrogen-bond acceptors (Lipinski definition) is 5. The third kappa shape index (κ3) is 2.71. The molecule has 7 nitrogen and oxygen atoms in total. The summed E-state index contributed by atoms with van der Waals surface area (Å²) in [6.45, 7) is 0. The Hall–Kier alpha value is -3.00.